The molecule has 0 saturated heterocycles. The topological polar surface area (TPSA) is 88.7 Å². The summed E-state index contributed by atoms with van der Waals surface area (Å²) < 4.78 is 27.2. The molecule has 1 aliphatic heterocycles. The first-order valence-corrected chi connectivity index (χ1v) is 10.3. The molecule has 0 spiro atoms. The minimum absolute atomic E-state index is 0.0882. The molecule has 2 aromatic carbocycles. The number of amides is 2. The van der Waals surface area contributed by atoms with E-state index in [-0.39, 0.29) is 17.0 Å². The third-order valence-corrected chi connectivity index (χ3v) is 5.92. The highest BCUT2D eigenvalue weighted by molar-refractivity contribution is 6.31. The summed E-state index contributed by atoms with van der Waals surface area (Å²) in [4.78, 5) is 31.8. The summed E-state index contributed by atoms with van der Waals surface area (Å²) in [6, 6.07) is 6.87. The Hall–Kier alpha value is -3.01. The van der Waals surface area contributed by atoms with Gasteiger partial charge in [0.15, 0.2) is 0 Å². The van der Waals surface area contributed by atoms with E-state index in [9.17, 15) is 23.5 Å². The zero-order chi connectivity index (χ0) is 23.0. The predicted octanol–water partition coefficient (Wildman–Crippen LogP) is 3.47. The van der Waals surface area contributed by atoms with Gasteiger partial charge in [0.1, 0.15) is 11.6 Å². The van der Waals surface area contributed by atoms with Crippen LogP contribution in [0.5, 0.6) is 0 Å². The Kier molecular flexibility index (Phi) is 6.14. The average molecular weight is 463 g/mol. The van der Waals surface area contributed by atoms with Crippen LogP contribution in [0.3, 0.4) is 0 Å². The molecule has 32 heavy (non-hydrogen) atoms. The fourth-order valence-corrected chi connectivity index (χ4v) is 4.24. The van der Waals surface area contributed by atoms with Crippen molar-refractivity contribution in [1.29, 1.82) is 0 Å². The number of hydrogen-bond acceptors (Lipinski definition) is 4. The van der Waals surface area contributed by atoms with Crippen LogP contribution in [0.4, 0.5) is 19.3 Å². The quantitative estimate of drug-likeness (QED) is 0.554. The molecule has 3 N–H and O–H groups in total. The lowest BCUT2D eigenvalue weighted by atomic mass is 9.93. The Bertz CT molecular complexity index is 1250. The van der Waals surface area contributed by atoms with E-state index >= 15 is 0 Å². The van der Waals surface area contributed by atoms with Gasteiger partial charge < -0.3 is 20.3 Å². The van der Waals surface area contributed by atoms with Crippen LogP contribution in [0, 0.1) is 11.6 Å². The fraction of sp³-hybridized carbons (Fsp3) is 0.273. The summed E-state index contributed by atoms with van der Waals surface area (Å²) in [5.74, 6) is -1.13. The highest BCUT2D eigenvalue weighted by atomic mass is 35.5. The number of anilines is 1. The zero-order valence-corrected chi connectivity index (χ0v) is 17.9. The minimum Gasteiger partial charge on any atom is -0.395 e. The van der Waals surface area contributed by atoms with Gasteiger partial charge in [-0.25, -0.2) is 13.6 Å². The van der Waals surface area contributed by atoms with Gasteiger partial charge in [0.25, 0.3) is 5.56 Å². The van der Waals surface area contributed by atoms with E-state index < -0.39 is 29.3 Å². The standard InChI is InChI=1S/C22H21ClF2N4O3/c1-28(22(32)26-13-3-5-17(25)16(23)9-13)19-11-29(6-7-30)10-18-20(19)14-4-2-12(24)8-15(14)21(31)27-18/h2-5,8-9,19,30H,6-7,10-11H2,1H3,(H,26,32)(H,27,31)/t19-/m1/s1. The van der Waals surface area contributed by atoms with Crippen molar-refractivity contribution in [2.24, 2.45) is 0 Å². The van der Waals surface area contributed by atoms with Crippen LogP contribution in [0.15, 0.2) is 41.2 Å². The summed E-state index contributed by atoms with van der Waals surface area (Å²) in [5, 5.41) is 12.7. The molecule has 7 nitrogen and oxygen atoms in total. The van der Waals surface area contributed by atoms with Crippen LogP contribution in [-0.4, -0.2) is 52.7 Å². The van der Waals surface area contributed by atoms with Gasteiger partial charge in [-0.05, 0) is 35.7 Å². The number of aromatic nitrogens is 1. The number of β-amino-alcohol motifs (C(OH)–C–C–N with tert-alkyl or cyclic N) is 1. The van der Waals surface area contributed by atoms with Crippen LogP contribution < -0.4 is 10.9 Å². The largest absolute Gasteiger partial charge is 0.395 e. The van der Waals surface area contributed by atoms with Gasteiger partial charge in [-0.15, -0.1) is 0 Å². The Labute approximate surface area is 187 Å². The molecule has 3 aromatic rings. The Morgan fingerprint density at radius 1 is 1.28 bits per heavy atom. The van der Waals surface area contributed by atoms with Gasteiger partial charge in [0.05, 0.1) is 23.1 Å². The number of nitrogens with zero attached hydrogens (tertiary/aromatic N) is 2. The van der Waals surface area contributed by atoms with Crippen molar-refractivity contribution >= 4 is 34.1 Å². The number of carbonyl (C=O) groups is 1. The number of carbonyl (C=O) groups excluding carboxylic acids is 1. The highest BCUT2D eigenvalue weighted by Gasteiger charge is 2.33. The summed E-state index contributed by atoms with van der Waals surface area (Å²) in [6.45, 7) is 1.02. The number of pyridine rings is 1. The number of H-pyrrole nitrogens is 1. The van der Waals surface area contributed by atoms with Crippen LogP contribution in [0.2, 0.25) is 5.02 Å². The summed E-state index contributed by atoms with van der Waals surface area (Å²) in [6.07, 6.45) is 0. The van der Waals surface area contributed by atoms with Gasteiger partial charge in [-0.3, -0.25) is 9.69 Å². The number of nitrogens with one attached hydrogen (secondary N) is 2. The highest BCUT2D eigenvalue weighted by Crippen LogP contribution is 2.34. The SMILES string of the molecule is CN(C(=O)Nc1ccc(F)c(Cl)c1)[C@@H]1CN(CCO)Cc2[nH]c(=O)c3cc(F)ccc3c21. The lowest BCUT2D eigenvalue weighted by Gasteiger charge is -2.39. The number of halogens is 3. The molecule has 4 rings (SSSR count). The number of aliphatic hydroxyl groups excluding tert-OH is 1. The number of aromatic amines is 1. The van der Waals surface area contributed by atoms with E-state index in [1.165, 1.54) is 29.2 Å². The monoisotopic (exact) mass is 462 g/mol. The van der Waals surface area contributed by atoms with Gasteiger partial charge >= 0.3 is 6.03 Å². The van der Waals surface area contributed by atoms with Crippen molar-refractivity contribution in [3.05, 3.63) is 74.7 Å². The van der Waals surface area contributed by atoms with Crippen molar-refractivity contribution < 1.29 is 18.7 Å². The number of aliphatic hydroxyl groups is 1. The second kappa shape index (κ2) is 8.85. The molecule has 1 aromatic heterocycles. The van der Waals surface area contributed by atoms with Crippen molar-refractivity contribution in [3.63, 3.8) is 0 Å². The zero-order valence-electron chi connectivity index (χ0n) is 17.2. The Morgan fingerprint density at radius 3 is 2.78 bits per heavy atom. The second-order valence-electron chi connectivity index (χ2n) is 7.68. The molecule has 10 heteroatoms. The molecule has 0 fully saturated rings. The third kappa shape index (κ3) is 4.19. The molecular weight excluding hydrogens is 442 g/mol. The number of hydrogen-bond donors (Lipinski definition) is 3. The molecule has 2 heterocycles. The van der Waals surface area contributed by atoms with E-state index in [2.05, 4.69) is 10.3 Å². The molecule has 1 aliphatic rings. The minimum atomic E-state index is -0.596. The fourth-order valence-electron chi connectivity index (χ4n) is 4.06. The van der Waals surface area contributed by atoms with Crippen molar-refractivity contribution in [3.8, 4) is 0 Å². The van der Waals surface area contributed by atoms with E-state index in [0.717, 1.165) is 6.07 Å². The Balaban J connectivity index is 1.74. The summed E-state index contributed by atoms with van der Waals surface area (Å²) in [7, 11) is 1.60. The van der Waals surface area contributed by atoms with Gasteiger partial charge in [-0.2, -0.15) is 0 Å². The average Bonchev–Trinajstić information content (AvgIpc) is 2.75. The van der Waals surface area contributed by atoms with Gasteiger partial charge in [0, 0.05) is 43.6 Å². The normalized spacial score (nSPS) is 16.1. The van der Waals surface area contributed by atoms with Gasteiger partial charge in [0.2, 0.25) is 0 Å². The van der Waals surface area contributed by atoms with Crippen molar-refractivity contribution in [2.75, 3.05) is 32.1 Å². The molecule has 1 atom stereocenters. The van der Waals surface area contributed by atoms with Crippen LogP contribution in [0.1, 0.15) is 17.3 Å². The first-order valence-electron chi connectivity index (χ1n) is 9.95. The smallest absolute Gasteiger partial charge is 0.322 e. The van der Waals surface area contributed by atoms with Crippen molar-refractivity contribution in [1.82, 2.24) is 14.8 Å². The van der Waals surface area contributed by atoms with E-state index in [1.54, 1.807) is 13.1 Å². The molecular formula is C22H21ClF2N4O3. The number of likely N-dealkylation sites (N-methyl/N-ethyl adjacent to an activating group) is 1. The predicted molar refractivity (Wildman–Crippen MR) is 118 cm³/mol. The molecule has 0 aliphatic carbocycles. The lowest BCUT2D eigenvalue weighted by molar-refractivity contribution is 0.129. The van der Waals surface area contributed by atoms with Crippen LogP contribution in [0.25, 0.3) is 10.8 Å². The number of rotatable bonds is 4. The maximum absolute atomic E-state index is 13.8. The molecule has 0 saturated carbocycles. The maximum atomic E-state index is 13.8. The van der Waals surface area contributed by atoms with Gasteiger partial charge in [-0.1, -0.05) is 17.7 Å². The lowest BCUT2D eigenvalue weighted by Crippen LogP contribution is -2.46. The number of benzene rings is 2. The number of fused-ring (bicyclic) bond motifs is 3. The van der Waals surface area contributed by atoms with E-state index in [1.807, 2.05) is 4.90 Å². The Morgan fingerprint density at radius 2 is 2.06 bits per heavy atom. The first-order chi connectivity index (χ1) is 15.3. The molecule has 168 valence electrons. The van der Waals surface area contributed by atoms with Crippen LogP contribution in [-0.2, 0) is 6.54 Å². The molecule has 2 amide bonds. The molecule has 0 bridgehead atoms. The van der Waals surface area contributed by atoms with E-state index in [4.69, 9.17) is 11.6 Å². The maximum Gasteiger partial charge on any atom is 0.322 e. The second-order valence-corrected chi connectivity index (χ2v) is 8.09. The van der Waals surface area contributed by atoms with E-state index in [0.29, 0.717) is 42.0 Å². The number of urea groups is 1. The first kappa shape index (κ1) is 22.2. The molecule has 0 unspecified atom stereocenters. The van der Waals surface area contributed by atoms with Crippen LogP contribution >= 0.6 is 11.6 Å². The third-order valence-electron chi connectivity index (χ3n) is 5.63. The summed E-state index contributed by atoms with van der Waals surface area (Å²) >= 11 is 5.80. The molecule has 0 radical (unpaired) electrons. The summed E-state index contributed by atoms with van der Waals surface area (Å²) in [5.41, 5.74) is 1.22. The van der Waals surface area contributed by atoms with Crippen molar-refractivity contribution in [2.45, 2.75) is 12.6 Å².